The fourth-order valence-corrected chi connectivity index (χ4v) is 5.79. The van der Waals surface area contributed by atoms with Crippen LogP contribution in [0.1, 0.15) is 24.1 Å². The van der Waals surface area contributed by atoms with Crippen molar-refractivity contribution < 1.29 is 13.9 Å². The number of pyridine rings is 1. The smallest absolute Gasteiger partial charge is 0.411 e. The summed E-state index contributed by atoms with van der Waals surface area (Å²) < 4.78 is 20.8. The van der Waals surface area contributed by atoms with Crippen LogP contribution in [0.2, 0.25) is 0 Å². The second-order valence-corrected chi connectivity index (χ2v) is 11.2. The van der Waals surface area contributed by atoms with Gasteiger partial charge in [-0.2, -0.15) is 9.61 Å². The number of aryl methyl sites for hydroxylation is 1. The standard InChI is InChI=1S/C35H31FN6O2/c1-23-18-32-37-21-27-19-31(25-6-3-2-4-7-25)33(39-34(27)42(32)40-23)26-12-10-24(11-13-26)22-41-16-14-30(15-17-41)44-35(43)38-29-9-5-8-28(36)20-29/h2-13,18-21,30H,14-17,22H2,1H3,(H,38,43). The Hall–Kier alpha value is -5.15. The number of hydrogen-bond acceptors (Lipinski definition) is 6. The number of aromatic nitrogens is 4. The second-order valence-electron chi connectivity index (χ2n) is 11.2. The molecule has 0 saturated carbocycles. The molecule has 0 atom stereocenters. The topological polar surface area (TPSA) is 84.7 Å². The molecule has 0 radical (unpaired) electrons. The summed E-state index contributed by atoms with van der Waals surface area (Å²) >= 11 is 0. The van der Waals surface area contributed by atoms with Crippen molar-refractivity contribution in [3.05, 3.63) is 114 Å². The molecule has 7 rings (SSSR count). The molecule has 1 aliphatic rings. The third-order valence-electron chi connectivity index (χ3n) is 7.98. The van der Waals surface area contributed by atoms with E-state index in [0.717, 1.165) is 77.2 Å². The Morgan fingerprint density at radius 2 is 1.75 bits per heavy atom. The van der Waals surface area contributed by atoms with Crippen LogP contribution in [0.4, 0.5) is 14.9 Å². The van der Waals surface area contributed by atoms with Crippen LogP contribution in [0.25, 0.3) is 39.1 Å². The Balaban J connectivity index is 1.06. The maximum Gasteiger partial charge on any atom is 0.411 e. The SMILES string of the molecule is Cc1cc2ncc3cc(-c4ccccc4)c(-c4ccc(CN5CCC(OC(=O)Nc6cccc(F)c6)CC5)cc4)nc3n2n1. The Labute approximate surface area is 254 Å². The minimum absolute atomic E-state index is 0.169. The van der Waals surface area contributed by atoms with Gasteiger partial charge >= 0.3 is 6.09 Å². The van der Waals surface area contributed by atoms with Crippen molar-refractivity contribution in [2.75, 3.05) is 18.4 Å². The maximum absolute atomic E-state index is 13.4. The number of nitrogens with zero attached hydrogens (tertiary/aromatic N) is 5. The lowest BCUT2D eigenvalue weighted by molar-refractivity contribution is 0.0567. The van der Waals surface area contributed by atoms with Gasteiger partial charge in [0.15, 0.2) is 11.3 Å². The highest BCUT2D eigenvalue weighted by Crippen LogP contribution is 2.34. The molecule has 44 heavy (non-hydrogen) atoms. The third-order valence-corrected chi connectivity index (χ3v) is 7.98. The summed E-state index contributed by atoms with van der Waals surface area (Å²) in [7, 11) is 0. The van der Waals surface area contributed by atoms with E-state index >= 15 is 0 Å². The second kappa shape index (κ2) is 11.9. The fourth-order valence-electron chi connectivity index (χ4n) is 5.79. The maximum atomic E-state index is 13.4. The van der Waals surface area contributed by atoms with Gasteiger partial charge in [0, 0.05) is 54.1 Å². The molecule has 1 fully saturated rings. The lowest BCUT2D eigenvalue weighted by atomic mass is 9.97. The minimum atomic E-state index is -0.554. The molecular weight excluding hydrogens is 555 g/mol. The van der Waals surface area contributed by atoms with Crippen LogP contribution in [0, 0.1) is 12.7 Å². The van der Waals surface area contributed by atoms with E-state index in [1.807, 2.05) is 41.9 Å². The highest BCUT2D eigenvalue weighted by molar-refractivity contribution is 5.90. The van der Waals surface area contributed by atoms with Crippen LogP contribution in [-0.2, 0) is 11.3 Å². The Kier molecular flexibility index (Phi) is 7.45. The highest BCUT2D eigenvalue weighted by Gasteiger charge is 2.23. The summed E-state index contributed by atoms with van der Waals surface area (Å²) in [5.41, 5.74) is 8.08. The van der Waals surface area contributed by atoms with Gasteiger partial charge in [-0.3, -0.25) is 10.2 Å². The van der Waals surface area contributed by atoms with E-state index in [1.54, 1.807) is 12.1 Å². The Morgan fingerprint density at radius 3 is 2.52 bits per heavy atom. The number of likely N-dealkylation sites (tertiary alicyclic amines) is 1. The van der Waals surface area contributed by atoms with Gasteiger partial charge in [-0.1, -0.05) is 60.7 Å². The zero-order valence-corrected chi connectivity index (χ0v) is 24.3. The van der Waals surface area contributed by atoms with Crippen LogP contribution < -0.4 is 5.32 Å². The molecule has 1 aliphatic heterocycles. The molecule has 1 saturated heterocycles. The van der Waals surface area contributed by atoms with Gasteiger partial charge in [-0.15, -0.1) is 0 Å². The van der Waals surface area contributed by atoms with Crippen molar-refractivity contribution in [3.8, 4) is 22.4 Å². The molecule has 9 heteroatoms. The predicted molar refractivity (Wildman–Crippen MR) is 169 cm³/mol. The number of benzene rings is 3. The molecule has 220 valence electrons. The lowest BCUT2D eigenvalue weighted by Crippen LogP contribution is -2.38. The largest absolute Gasteiger partial charge is 0.446 e. The van der Waals surface area contributed by atoms with Gasteiger partial charge in [0.05, 0.1) is 11.4 Å². The van der Waals surface area contributed by atoms with E-state index in [0.29, 0.717) is 5.69 Å². The van der Waals surface area contributed by atoms with Gasteiger partial charge in [0.1, 0.15) is 11.9 Å². The predicted octanol–water partition coefficient (Wildman–Crippen LogP) is 7.27. The molecular formula is C35H31FN6O2. The van der Waals surface area contributed by atoms with Crippen LogP contribution in [0.3, 0.4) is 0 Å². The number of piperidine rings is 1. The third kappa shape index (κ3) is 5.87. The van der Waals surface area contributed by atoms with E-state index in [2.05, 4.69) is 62.8 Å². The molecule has 0 unspecified atom stereocenters. The molecule has 0 bridgehead atoms. The molecule has 4 heterocycles. The van der Waals surface area contributed by atoms with Gasteiger partial charge in [0.25, 0.3) is 0 Å². The number of ether oxygens (including phenoxy) is 1. The van der Waals surface area contributed by atoms with E-state index in [4.69, 9.17) is 9.72 Å². The molecule has 8 nitrogen and oxygen atoms in total. The number of nitrogens with one attached hydrogen (secondary N) is 1. The number of carbonyl (C=O) groups is 1. The number of carbonyl (C=O) groups excluding carboxylic acids is 1. The quantitative estimate of drug-likeness (QED) is 0.221. The Bertz CT molecular complexity index is 1950. The molecule has 0 aliphatic carbocycles. The normalized spacial score (nSPS) is 14.2. The number of rotatable bonds is 6. The average Bonchev–Trinajstić information content (AvgIpc) is 3.43. The summed E-state index contributed by atoms with van der Waals surface area (Å²) in [6, 6.07) is 28.8. The highest BCUT2D eigenvalue weighted by atomic mass is 19.1. The van der Waals surface area contributed by atoms with E-state index < -0.39 is 11.9 Å². The molecule has 0 spiro atoms. The molecule has 1 amide bonds. The first-order chi connectivity index (χ1) is 21.5. The lowest BCUT2D eigenvalue weighted by Gasteiger charge is -2.31. The zero-order chi connectivity index (χ0) is 30.0. The first kappa shape index (κ1) is 27.7. The fraction of sp³-hybridized carbons (Fsp3) is 0.200. The number of fused-ring (bicyclic) bond motifs is 3. The van der Waals surface area contributed by atoms with Crippen molar-refractivity contribution in [2.24, 2.45) is 0 Å². The number of hydrogen-bond donors (Lipinski definition) is 1. The average molecular weight is 587 g/mol. The first-order valence-corrected chi connectivity index (χ1v) is 14.7. The van der Waals surface area contributed by atoms with E-state index in [9.17, 15) is 9.18 Å². The van der Waals surface area contributed by atoms with Crippen molar-refractivity contribution in [1.29, 1.82) is 0 Å². The van der Waals surface area contributed by atoms with Crippen molar-refractivity contribution in [2.45, 2.75) is 32.4 Å². The summed E-state index contributed by atoms with van der Waals surface area (Å²) in [6.07, 6.45) is 2.63. The minimum Gasteiger partial charge on any atom is -0.446 e. The molecule has 1 N–H and O–H groups in total. The summed E-state index contributed by atoms with van der Waals surface area (Å²) in [5, 5.41) is 8.18. The van der Waals surface area contributed by atoms with Crippen LogP contribution in [0.5, 0.6) is 0 Å². The number of anilines is 1. The number of amides is 1. The van der Waals surface area contributed by atoms with Crippen molar-refractivity contribution >= 4 is 28.5 Å². The molecule has 3 aromatic carbocycles. The molecule has 6 aromatic rings. The summed E-state index contributed by atoms with van der Waals surface area (Å²) in [5.74, 6) is -0.405. The summed E-state index contributed by atoms with van der Waals surface area (Å²) in [6.45, 7) is 4.40. The van der Waals surface area contributed by atoms with Crippen LogP contribution >= 0.6 is 0 Å². The summed E-state index contributed by atoms with van der Waals surface area (Å²) in [4.78, 5) is 24.4. The number of halogens is 1. The van der Waals surface area contributed by atoms with E-state index in [1.165, 1.54) is 17.7 Å². The van der Waals surface area contributed by atoms with Gasteiger partial charge in [-0.25, -0.2) is 19.2 Å². The van der Waals surface area contributed by atoms with Gasteiger partial charge in [0.2, 0.25) is 0 Å². The van der Waals surface area contributed by atoms with Crippen molar-refractivity contribution in [1.82, 2.24) is 24.5 Å². The zero-order valence-electron chi connectivity index (χ0n) is 24.3. The first-order valence-electron chi connectivity index (χ1n) is 14.7. The van der Waals surface area contributed by atoms with Gasteiger partial charge in [-0.05, 0) is 55.2 Å². The Morgan fingerprint density at radius 1 is 0.955 bits per heavy atom. The monoisotopic (exact) mass is 586 g/mol. The van der Waals surface area contributed by atoms with Gasteiger partial charge < -0.3 is 4.74 Å². The van der Waals surface area contributed by atoms with Crippen LogP contribution in [0.15, 0.2) is 97.2 Å². The van der Waals surface area contributed by atoms with E-state index in [-0.39, 0.29) is 6.10 Å². The van der Waals surface area contributed by atoms with Crippen molar-refractivity contribution in [3.63, 3.8) is 0 Å². The van der Waals surface area contributed by atoms with Crippen LogP contribution in [-0.4, -0.2) is 49.8 Å². The molecule has 3 aromatic heterocycles.